The molecule has 0 spiro atoms. The fourth-order valence-corrected chi connectivity index (χ4v) is 2.26. The lowest BCUT2D eigenvalue weighted by molar-refractivity contribution is -0.143. The number of benzene rings is 2. The predicted octanol–water partition coefficient (Wildman–Crippen LogP) is 3.62. The molecule has 0 aliphatic heterocycles. The minimum atomic E-state index is -0.324. The maximum atomic E-state index is 11.5. The summed E-state index contributed by atoms with van der Waals surface area (Å²) in [6.07, 6.45) is 0.206. The summed E-state index contributed by atoms with van der Waals surface area (Å²) >= 11 is 0. The van der Waals surface area contributed by atoms with Crippen LogP contribution < -0.4 is 5.73 Å². The highest BCUT2D eigenvalue weighted by molar-refractivity contribution is 5.70. The standard InChI is InChI=1S/C18H21NO2/c1-3-21-18(20)12-17(19)15-9-7-14(8-10-15)16-6-4-5-13(2)11-16/h4-11,17H,3,12,19H2,1-2H3/t17-/m0/s1. The van der Waals surface area contributed by atoms with E-state index in [1.807, 2.05) is 30.3 Å². The summed E-state index contributed by atoms with van der Waals surface area (Å²) in [5.74, 6) is -0.257. The molecule has 0 bridgehead atoms. The molecular weight excluding hydrogens is 262 g/mol. The first-order valence-electron chi connectivity index (χ1n) is 7.18. The van der Waals surface area contributed by atoms with Crippen LogP contribution in [0.3, 0.4) is 0 Å². The van der Waals surface area contributed by atoms with Gasteiger partial charge >= 0.3 is 5.97 Å². The molecule has 0 radical (unpaired) electrons. The highest BCUT2D eigenvalue weighted by Gasteiger charge is 2.12. The lowest BCUT2D eigenvalue weighted by Gasteiger charge is -2.12. The molecular formula is C18H21NO2. The van der Waals surface area contributed by atoms with Crippen LogP contribution in [0, 0.1) is 6.92 Å². The summed E-state index contributed by atoms with van der Waals surface area (Å²) in [5.41, 5.74) is 10.5. The number of carbonyl (C=O) groups is 1. The van der Waals surface area contributed by atoms with Gasteiger partial charge in [0.25, 0.3) is 0 Å². The van der Waals surface area contributed by atoms with Crippen molar-refractivity contribution in [2.75, 3.05) is 6.61 Å². The molecule has 0 aromatic heterocycles. The summed E-state index contributed by atoms with van der Waals surface area (Å²) < 4.78 is 4.92. The average molecular weight is 283 g/mol. The smallest absolute Gasteiger partial charge is 0.307 e. The minimum Gasteiger partial charge on any atom is -0.466 e. The van der Waals surface area contributed by atoms with Gasteiger partial charge in [0.15, 0.2) is 0 Å². The summed E-state index contributed by atoms with van der Waals surface area (Å²) in [4.78, 5) is 11.5. The molecule has 3 heteroatoms. The zero-order valence-corrected chi connectivity index (χ0v) is 12.5. The molecule has 0 saturated carbocycles. The third-order valence-corrected chi connectivity index (χ3v) is 3.38. The molecule has 1 atom stereocenters. The lowest BCUT2D eigenvalue weighted by Crippen LogP contribution is -2.17. The molecule has 2 aromatic rings. The first kappa shape index (κ1) is 15.3. The molecule has 3 nitrogen and oxygen atoms in total. The molecule has 0 heterocycles. The van der Waals surface area contributed by atoms with Crippen molar-refractivity contribution in [2.24, 2.45) is 5.73 Å². The lowest BCUT2D eigenvalue weighted by atomic mass is 9.99. The Kier molecular flexibility index (Phi) is 5.12. The van der Waals surface area contributed by atoms with Crippen molar-refractivity contribution < 1.29 is 9.53 Å². The summed E-state index contributed by atoms with van der Waals surface area (Å²) in [5, 5.41) is 0. The monoisotopic (exact) mass is 283 g/mol. The predicted molar refractivity (Wildman–Crippen MR) is 84.8 cm³/mol. The zero-order chi connectivity index (χ0) is 15.2. The number of carbonyl (C=O) groups excluding carboxylic acids is 1. The first-order chi connectivity index (χ1) is 10.1. The van der Waals surface area contributed by atoms with Crippen LogP contribution in [-0.2, 0) is 9.53 Å². The van der Waals surface area contributed by atoms with Gasteiger partial charge in [-0.3, -0.25) is 4.79 Å². The van der Waals surface area contributed by atoms with E-state index in [0.717, 1.165) is 11.1 Å². The van der Waals surface area contributed by atoms with Gasteiger partial charge in [0, 0.05) is 6.04 Å². The number of hydrogen-bond acceptors (Lipinski definition) is 3. The minimum absolute atomic E-state index is 0.206. The van der Waals surface area contributed by atoms with E-state index in [1.54, 1.807) is 6.92 Å². The Morgan fingerprint density at radius 3 is 2.48 bits per heavy atom. The van der Waals surface area contributed by atoms with Crippen molar-refractivity contribution in [3.63, 3.8) is 0 Å². The summed E-state index contributed by atoms with van der Waals surface area (Å²) in [6.45, 7) is 4.26. The maximum Gasteiger partial charge on any atom is 0.307 e. The number of nitrogens with two attached hydrogens (primary N) is 1. The molecule has 0 fully saturated rings. The number of rotatable bonds is 5. The fraction of sp³-hybridized carbons (Fsp3) is 0.278. The third kappa shape index (κ3) is 4.17. The Morgan fingerprint density at radius 2 is 1.86 bits per heavy atom. The second-order valence-corrected chi connectivity index (χ2v) is 5.11. The Hall–Kier alpha value is -2.13. The second kappa shape index (κ2) is 7.04. The van der Waals surface area contributed by atoms with Crippen LogP contribution in [0.4, 0.5) is 0 Å². The second-order valence-electron chi connectivity index (χ2n) is 5.11. The van der Waals surface area contributed by atoms with Gasteiger partial charge in [0.1, 0.15) is 0 Å². The molecule has 21 heavy (non-hydrogen) atoms. The molecule has 2 aromatic carbocycles. The average Bonchev–Trinajstić information content (AvgIpc) is 2.47. The van der Waals surface area contributed by atoms with E-state index in [9.17, 15) is 4.79 Å². The number of ether oxygens (including phenoxy) is 1. The highest BCUT2D eigenvalue weighted by atomic mass is 16.5. The molecule has 0 unspecified atom stereocenters. The molecule has 0 saturated heterocycles. The van der Waals surface area contributed by atoms with Crippen molar-refractivity contribution in [1.29, 1.82) is 0 Å². The largest absolute Gasteiger partial charge is 0.466 e. The topological polar surface area (TPSA) is 52.3 Å². The van der Waals surface area contributed by atoms with E-state index in [-0.39, 0.29) is 18.4 Å². The molecule has 2 N–H and O–H groups in total. The Morgan fingerprint density at radius 1 is 1.14 bits per heavy atom. The fourth-order valence-electron chi connectivity index (χ4n) is 2.26. The van der Waals surface area contributed by atoms with Crippen molar-refractivity contribution in [3.05, 3.63) is 59.7 Å². The normalized spacial score (nSPS) is 12.0. The zero-order valence-electron chi connectivity index (χ0n) is 12.5. The van der Waals surface area contributed by atoms with Crippen LogP contribution in [-0.4, -0.2) is 12.6 Å². The van der Waals surface area contributed by atoms with Gasteiger partial charge in [-0.15, -0.1) is 0 Å². The van der Waals surface area contributed by atoms with E-state index in [4.69, 9.17) is 10.5 Å². The van der Waals surface area contributed by atoms with Crippen LogP contribution in [0.1, 0.15) is 30.5 Å². The van der Waals surface area contributed by atoms with E-state index < -0.39 is 0 Å². The number of hydrogen-bond donors (Lipinski definition) is 1. The van der Waals surface area contributed by atoms with E-state index in [2.05, 4.69) is 25.1 Å². The van der Waals surface area contributed by atoms with Gasteiger partial charge in [0.05, 0.1) is 13.0 Å². The molecule has 110 valence electrons. The molecule has 0 aliphatic rings. The number of esters is 1. The number of aryl methyl sites for hydroxylation is 1. The van der Waals surface area contributed by atoms with E-state index >= 15 is 0 Å². The maximum absolute atomic E-state index is 11.5. The van der Waals surface area contributed by atoms with Crippen molar-refractivity contribution in [3.8, 4) is 11.1 Å². The summed E-state index contributed by atoms with van der Waals surface area (Å²) in [6, 6.07) is 16.1. The van der Waals surface area contributed by atoms with Gasteiger partial charge in [0.2, 0.25) is 0 Å². The van der Waals surface area contributed by atoms with Gasteiger partial charge in [-0.25, -0.2) is 0 Å². The molecule has 0 aliphatic carbocycles. The quantitative estimate of drug-likeness (QED) is 0.853. The highest BCUT2D eigenvalue weighted by Crippen LogP contribution is 2.23. The summed E-state index contributed by atoms with van der Waals surface area (Å²) in [7, 11) is 0. The Labute approximate surface area is 125 Å². The van der Waals surface area contributed by atoms with E-state index in [0.29, 0.717) is 6.61 Å². The first-order valence-corrected chi connectivity index (χ1v) is 7.18. The van der Waals surface area contributed by atoms with Crippen LogP contribution in [0.5, 0.6) is 0 Å². The van der Waals surface area contributed by atoms with Crippen LogP contribution in [0.2, 0.25) is 0 Å². The van der Waals surface area contributed by atoms with E-state index in [1.165, 1.54) is 11.1 Å². The Balaban J connectivity index is 2.10. The third-order valence-electron chi connectivity index (χ3n) is 3.38. The van der Waals surface area contributed by atoms with Gasteiger partial charge in [-0.2, -0.15) is 0 Å². The van der Waals surface area contributed by atoms with Crippen LogP contribution in [0.15, 0.2) is 48.5 Å². The van der Waals surface area contributed by atoms with Crippen molar-refractivity contribution in [1.82, 2.24) is 0 Å². The molecule has 0 amide bonds. The van der Waals surface area contributed by atoms with Gasteiger partial charge in [-0.1, -0.05) is 54.1 Å². The van der Waals surface area contributed by atoms with Crippen LogP contribution >= 0.6 is 0 Å². The Bertz CT molecular complexity index is 605. The van der Waals surface area contributed by atoms with Crippen molar-refractivity contribution >= 4 is 5.97 Å². The van der Waals surface area contributed by atoms with Gasteiger partial charge in [-0.05, 0) is 30.5 Å². The van der Waals surface area contributed by atoms with Crippen molar-refractivity contribution in [2.45, 2.75) is 26.3 Å². The SMILES string of the molecule is CCOC(=O)C[C@H](N)c1ccc(-c2cccc(C)c2)cc1. The van der Waals surface area contributed by atoms with Crippen LogP contribution in [0.25, 0.3) is 11.1 Å². The molecule has 2 rings (SSSR count). The van der Waals surface area contributed by atoms with Gasteiger partial charge < -0.3 is 10.5 Å².